The highest BCUT2D eigenvalue weighted by Gasteiger charge is 2.10. The summed E-state index contributed by atoms with van der Waals surface area (Å²) in [5, 5.41) is 0. The minimum absolute atomic E-state index is 0.194. The third kappa shape index (κ3) is 3.23. The van der Waals surface area contributed by atoms with Crippen molar-refractivity contribution in [3.8, 4) is 17.1 Å². The van der Waals surface area contributed by atoms with Crippen LogP contribution in [0.1, 0.15) is 19.5 Å². The molecule has 0 spiro atoms. The standard InChI is InChI=1S/C15H18FN3O/c1-9(2)6-11-8-14(17)19-15(18-11)10-4-5-13(20-3)12(16)7-10/h4-5,7-9H,6H2,1-3H3,(H2,17,18,19). The van der Waals surface area contributed by atoms with Gasteiger partial charge in [0.05, 0.1) is 7.11 Å². The molecule has 1 aromatic carbocycles. The smallest absolute Gasteiger partial charge is 0.165 e. The van der Waals surface area contributed by atoms with E-state index in [-0.39, 0.29) is 5.75 Å². The Morgan fingerprint density at radius 2 is 2.00 bits per heavy atom. The maximum absolute atomic E-state index is 13.7. The summed E-state index contributed by atoms with van der Waals surface area (Å²) in [6, 6.07) is 6.38. The van der Waals surface area contributed by atoms with Crippen molar-refractivity contribution < 1.29 is 9.13 Å². The molecule has 0 radical (unpaired) electrons. The first kappa shape index (κ1) is 14.2. The van der Waals surface area contributed by atoms with Crippen LogP contribution in [0.15, 0.2) is 24.3 Å². The van der Waals surface area contributed by atoms with Crippen molar-refractivity contribution in [1.82, 2.24) is 9.97 Å². The predicted octanol–water partition coefficient (Wildman–Crippen LogP) is 3.07. The first-order chi connectivity index (χ1) is 9.49. The van der Waals surface area contributed by atoms with Crippen molar-refractivity contribution in [2.24, 2.45) is 5.92 Å². The molecular weight excluding hydrogens is 257 g/mol. The highest BCUT2D eigenvalue weighted by atomic mass is 19.1. The lowest BCUT2D eigenvalue weighted by Crippen LogP contribution is -2.03. The van der Waals surface area contributed by atoms with Gasteiger partial charge in [-0.1, -0.05) is 13.8 Å². The zero-order chi connectivity index (χ0) is 14.7. The Bertz CT molecular complexity index is 614. The van der Waals surface area contributed by atoms with E-state index in [1.165, 1.54) is 13.2 Å². The Labute approximate surface area is 117 Å². The van der Waals surface area contributed by atoms with Gasteiger partial charge < -0.3 is 10.5 Å². The van der Waals surface area contributed by atoms with E-state index in [0.717, 1.165) is 12.1 Å². The van der Waals surface area contributed by atoms with Gasteiger partial charge in [0.25, 0.3) is 0 Å². The number of rotatable bonds is 4. The molecule has 0 bridgehead atoms. The van der Waals surface area contributed by atoms with Crippen LogP contribution >= 0.6 is 0 Å². The Hall–Kier alpha value is -2.17. The molecule has 106 valence electrons. The largest absolute Gasteiger partial charge is 0.494 e. The van der Waals surface area contributed by atoms with Gasteiger partial charge in [-0.15, -0.1) is 0 Å². The van der Waals surface area contributed by atoms with Crippen LogP contribution in [0.5, 0.6) is 5.75 Å². The molecule has 0 amide bonds. The number of nitrogens with zero attached hydrogens (tertiary/aromatic N) is 2. The molecule has 0 aliphatic carbocycles. The maximum Gasteiger partial charge on any atom is 0.165 e. The van der Waals surface area contributed by atoms with Crippen LogP contribution in [-0.4, -0.2) is 17.1 Å². The van der Waals surface area contributed by atoms with Gasteiger partial charge in [0.1, 0.15) is 5.82 Å². The molecule has 4 nitrogen and oxygen atoms in total. The second kappa shape index (κ2) is 5.86. The van der Waals surface area contributed by atoms with E-state index in [1.54, 1.807) is 18.2 Å². The molecule has 1 aromatic heterocycles. The minimum Gasteiger partial charge on any atom is -0.494 e. The molecule has 2 rings (SSSR count). The fourth-order valence-corrected chi connectivity index (χ4v) is 1.98. The number of anilines is 1. The minimum atomic E-state index is -0.443. The zero-order valence-electron chi connectivity index (χ0n) is 11.9. The van der Waals surface area contributed by atoms with E-state index in [9.17, 15) is 4.39 Å². The number of benzene rings is 1. The Kier molecular flexibility index (Phi) is 4.17. The van der Waals surface area contributed by atoms with E-state index in [2.05, 4.69) is 23.8 Å². The summed E-state index contributed by atoms with van der Waals surface area (Å²) in [7, 11) is 1.43. The topological polar surface area (TPSA) is 61.0 Å². The molecule has 0 aliphatic rings. The number of halogens is 1. The molecule has 0 fully saturated rings. The maximum atomic E-state index is 13.7. The monoisotopic (exact) mass is 275 g/mol. The summed E-state index contributed by atoms with van der Waals surface area (Å²) in [6.07, 6.45) is 0.804. The number of aromatic nitrogens is 2. The molecule has 1 heterocycles. The quantitative estimate of drug-likeness (QED) is 0.931. The molecule has 0 aliphatic heterocycles. The molecular formula is C15H18FN3O. The molecule has 2 N–H and O–H groups in total. The summed E-state index contributed by atoms with van der Waals surface area (Å²) in [6.45, 7) is 4.20. The third-order valence-electron chi connectivity index (χ3n) is 2.83. The van der Waals surface area contributed by atoms with E-state index in [4.69, 9.17) is 10.5 Å². The number of nitrogen functional groups attached to an aromatic ring is 1. The Morgan fingerprint density at radius 3 is 2.60 bits per heavy atom. The van der Waals surface area contributed by atoms with Gasteiger partial charge in [0.15, 0.2) is 17.4 Å². The van der Waals surface area contributed by atoms with Crippen LogP contribution < -0.4 is 10.5 Å². The summed E-state index contributed by atoms with van der Waals surface area (Å²) in [5.41, 5.74) is 7.24. The normalized spacial score (nSPS) is 10.8. The number of hydrogen-bond acceptors (Lipinski definition) is 4. The van der Waals surface area contributed by atoms with Gasteiger partial charge >= 0.3 is 0 Å². The fraction of sp³-hybridized carbons (Fsp3) is 0.333. The van der Waals surface area contributed by atoms with Crippen LogP contribution in [-0.2, 0) is 6.42 Å². The third-order valence-corrected chi connectivity index (χ3v) is 2.83. The lowest BCUT2D eigenvalue weighted by Gasteiger charge is -2.09. The zero-order valence-corrected chi connectivity index (χ0v) is 11.9. The average Bonchev–Trinajstić information content (AvgIpc) is 2.37. The van der Waals surface area contributed by atoms with Crippen LogP contribution in [0.2, 0.25) is 0 Å². The predicted molar refractivity (Wildman–Crippen MR) is 76.9 cm³/mol. The molecule has 2 aromatic rings. The van der Waals surface area contributed by atoms with Crippen LogP contribution in [0.25, 0.3) is 11.4 Å². The van der Waals surface area contributed by atoms with Crippen molar-refractivity contribution in [2.75, 3.05) is 12.8 Å². The molecule has 0 saturated carbocycles. The van der Waals surface area contributed by atoms with Gasteiger partial charge in [0, 0.05) is 17.3 Å². The lowest BCUT2D eigenvalue weighted by atomic mass is 10.1. The van der Waals surface area contributed by atoms with Crippen molar-refractivity contribution in [1.29, 1.82) is 0 Å². The van der Waals surface area contributed by atoms with Crippen molar-refractivity contribution >= 4 is 5.82 Å². The number of nitrogens with two attached hydrogens (primary N) is 1. The van der Waals surface area contributed by atoms with E-state index >= 15 is 0 Å². The first-order valence-corrected chi connectivity index (χ1v) is 6.47. The molecule has 0 unspecified atom stereocenters. The lowest BCUT2D eigenvalue weighted by molar-refractivity contribution is 0.386. The summed E-state index contributed by atoms with van der Waals surface area (Å²) in [4.78, 5) is 8.61. The van der Waals surface area contributed by atoms with Crippen LogP contribution in [0.3, 0.4) is 0 Å². The van der Waals surface area contributed by atoms with Crippen molar-refractivity contribution in [3.05, 3.63) is 35.8 Å². The van der Waals surface area contributed by atoms with Crippen molar-refractivity contribution in [2.45, 2.75) is 20.3 Å². The first-order valence-electron chi connectivity index (χ1n) is 6.47. The van der Waals surface area contributed by atoms with Crippen LogP contribution in [0.4, 0.5) is 10.2 Å². The molecule has 20 heavy (non-hydrogen) atoms. The van der Waals surface area contributed by atoms with Crippen LogP contribution in [0, 0.1) is 11.7 Å². The van der Waals surface area contributed by atoms with E-state index in [1.807, 2.05) is 0 Å². The highest BCUT2D eigenvalue weighted by Crippen LogP contribution is 2.24. The van der Waals surface area contributed by atoms with Gasteiger partial charge in [-0.3, -0.25) is 0 Å². The number of ether oxygens (including phenoxy) is 1. The van der Waals surface area contributed by atoms with E-state index in [0.29, 0.717) is 23.1 Å². The summed E-state index contributed by atoms with van der Waals surface area (Å²) in [5.74, 6) is 1.04. The van der Waals surface area contributed by atoms with Crippen molar-refractivity contribution in [3.63, 3.8) is 0 Å². The van der Waals surface area contributed by atoms with Gasteiger partial charge in [-0.25, -0.2) is 14.4 Å². The Balaban J connectivity index is 2.41. The summed E-state index contributed by atoms with van der Waals surface area (Å²) >= 11 is 0. The SMILES string of the molecule is COc1ccc(-c2nc(N)cc(CC(C)C)n2)cc1F. The number of methoxy groups -OCH3 is 1. The molecule has 0 atom stereocenters. The van der Waals surface area contributed by atoms with Gasteiger partial charge in [-0.2, -0.15) is 0 Å². The van der Waals surface area contributed by atoms with E-state index < -0.39 is 5.82 Å². The second-order valence-corrected chi connectivity index (χ2v) is 5.06. The highest BCUT2D eigenvalue weighted by molar-refractivity contribution is 5.58. The molecule has 5 heteroatoms. The fourth-order valence-electron chi connectivity index (χ4n) is 1.98. The second-order valence-electron chi connectivity index (χ2n) is 5.06. The molecule has 0 saturated heterocycles. The van der Waals surface area contributed by atoms with Gasteiger partial charge in [-0.05, 0) is 30.5 Å². The van der Waals surface area contributed by atoms with Gasteiger partial charge in [0.2, 0.25) is 0 Å². The Morgan fingerprint density at radius 1 is 1.25 bits per heavy atom. The summed E-state index contributed by atoms with van der Waals surface area (Å²) < 4.78 is 18.6. The number of hydrogen-bond donors (Lipinski definition) is 1. The average molecular weight is 275 g/mol.